The van der Waals surface area contributed by atoms with Gasteiger partial charge in [-0.1, -0.05) is 13.8 Å². The van der Waals surface area contributed by atoms with E-state index in [9.17, 15) is 9.59 Å². The smallest absolute Gasteiger partial charge is 0.245 e. The molecule has 2 amide bonds. The Morgan fingerprint density at radius 2 is 2.05 bits per heavy atom. The minimum Gasteiger partial charge on any atom is -0.343 e. The highest BCUT2D eigenvalue weighted by Crippen LogP contribution is 2.14. The fourth-order valence-electron chi connectivity index (χ4n) is 2.42. The maximum atomic E-state index is 12.3. The summed E-state index contributed by atoms with van der Waals surface area (Å²) in [5, 5.41) is 6.90. The van der Waals surface area contributed by atoms with E-state index in [0.29, 0.717) is 25.9 Å². The molecule has 1 saturated heterocycles. The Kier molecular flexibility index (Phi) is 4.19. The van der Waals surface area contributed by atoms with Gasteiger partial charge in [0.2, 0.25) is 11.8 Å². The Hall–Kier alpha value is -1.85. The SMILES string of the molecule is CCC1NC(=O)C(CC)N(CCn2cccn2)C1=O. The second kappa shape index (κ2) is 5.86. The zero-order valence-corrected chi connectivity index (χ0v) is 11.4. The minimum atomic E-state index is -0.382. The Morgan fingerprint density at radius 3 is 2.63 bits per heavy atom. The molecule has 0 bridgehead atoms. The molecule has 1 aliphatic rings. The lowest BCUT2D eigenvalue weighted by molar-refractivity contribution is -0.149. The number of carbonyl (C=O) groups excluding carboxylic acids is 2. The molecule has 0 aliphatic carbocycles. The van der Waals surface area contributed by atoms with Crippen molar-refractivity contribution in [3.05, 3.63) is 18.5 Å². The maximum Gasteiger partial charge on any atom is 0.245 e. The molecule has 0 radical (unpaired) electrons. The van der Waals surface area contributed by atoms with E-state index in [2.05, 4.69) is 10.4 Å². The van der Waals surface area contributed by atoms with Crippen molar-refractivity contribution >= 4 is 11.8 Å². The van der Waals surface area contributed by atoms with Gasteiger partial charge < -0.3 is 10.2 Å². The van der Waals surface area contributed by atoms with Crippen LogP contribution in [0.15, 0.2) is 18.5 Å². The summed E-state index contributed by atoms with van der Waals surface area (Å²) < 4.78 is 1.77. The molecule has 6 nitrogen and oxygen atoms in total. The number of aromatic nitrogens is 2. The zero-order valence-electron chi connectivity index (χ0n) is 11.4. The molecule has 1 aromatic rings. The van der Waals surface area contributed by atoms with E-state index in [1.807, 2.05) is 26.1 Å². The number of amides is 2. The lowest BCUT2D eigenvalue weighted by Crippen LogP contribution is -2.63. The number of nitrogens with one attached hydrogen (secondary N) is 1. The molecule has 6 heteroatoms. The Labute approximate surface area is 112 Å². The van der Waals surface area contributed by atoms with Crippen molar-refractivity contribution in [3.63, 3.8) is 0 Å². The summed E-state index contributed by atoms with van der Waals surface area (Å²) in [6.07, 6.45) is 4.82. The average Bonchev–Trinajstić information content (AvgIpc) is 2.92. The van der Waals surface area contributed by atoms with Crippen LogP contribution in [0.3, 0.4) is 0 Å². The van der Waals surface area contributed by atoms with Crippen molar-refractivity contribution < 1.29 is 9.59 Å². The number of carbonyl (C=O) groups is 2. The van der Waals surface area contributed by atoms with Gasteiger partial charge in [-0.25, -0.2) is 0 Å². The molecule has 1 N–H and O–H groups in total. The molecule has 2 heterocycles. The summed E-state index contributed by atoms with van der Waals surface area (Å²) in [7, 11) is 0. The molecular formula is C13H20N4O2. The average molecular weight is 264 g/mol. The van der Waals surface area contributed by atoms with E-state index in [1.165, 1.54) is 0 Å². The molecule has 0 spiro atoms. The number of piperazine rings is 1. The van der Waals surface area contributed by atoms with E-state index in [0.717, 1.165) is 0 Å². The van der Waals surface area contributed by atoms with Crippen molar-refractivity contribution in [2.24, 2.45) is 0 Å². The standard InChI is InChI=1S/C13H20N4O2/c1-3-10-13(19)17(11(4-2)12(18)15-10)9-8-16-7-5-6-14-16/h5-7,10-11H,3-4,8-9H2,1-2H3,(H,15,18). The number of rotatable bonds is 5. The van der Waals surface area contributed by atoms with Gasteiger partial charge in [-0.3, -0.25) is 14.3 Å². The van der Waals surface area contributed by atoms with Crippen LogP contribution < -0.4 is 5.32 Å². The summed E-state index contributed by atoms with van der Waals surface area (Å²) in [5.41, 5.74) is 0. The third kappa shape index (κ3) is 2.77. The second-order valence-electron chi connectivity index (χ2n) is 4.69. The molecule has 1 fully saturated rings. The first-order valence-electron chi connectivity index (χ1n) is 6.75. The monoisotopic (exact) mass is 264 g/mol. The van der Waals surface area contributed by atoms with E-state index < -0.39 is 0 Å². The van der Waals surface area contributed by atoms with E-state index in [1.54, 1.807) is 15.8 Å². The van der Waals surface area contributed by atoms with Crippen molar-refractivity contribution in [2.75, 3.05) is 6.54 Å². The molecule has 0 saturated carbocycles. The van der Waals surface area contributed by atoms with Crippen molar-refractivity contribution in [3.8, 4) is 0 Å². The Bertz CT molecular complexity index is 444. The van der Waals surface area contributed by atoms with Crippen molar-refractivity contribution in [1.29, 1.82) is 0 Å². The molecule has 104 valence electrons. The first-order chi connectivity index (χ1) is 9.17. The fourth-order valence-corrected chi connectivity index (χ4v) is 2.42. The van der Waals surface area contributed by atoms with Gasteiger partial charge in [0.15, 0.2) is 0 Å². The molecule has 1 aliphatic heterocycles. The highest BCUT2D eigenvalue weighted by atomic mass is 16.2. The van der Waals surface area contributed by atoms with Gasteiger partial charge in [0.1, 0.15) is 12.1 Å². The molecular weight excluding hydrogens is 244 g/mol. The lowest BCUT2D eigenvalue weighted by Gasteiger charge is -2.38. The van der Waals surface area contributed by atoms with Crippen molar-refractivity contribution in [2.45, 2.75) is 45.3 Å². The van der Waals surface area contributed by atoms with Crippen LogP contribution in [-0.4, -0.2) is 45.1 Å². The van der Waals surface area contributed by atoms with Crippen LogP contribution in [-0.2, 0) is 16.1 Å². The third-order valence-corrected chi connectivity index (χ3v) is 3.50. The highest BCUT2D eigenvalue weighted by Gasteiger charge is 2.38. The van der Waals surface area contributed by atoms with E-state index in [-0.39, 0.29) is 23.9 Å². The van der Waals surface area contributed by atoms with Gasteiger partial charge in [-0.15, -0.1) is 0 Å². The third-order valence-electron chi connectivity index (χ3n) is 3.50. The van der Waals surface area contributed by atoms with Crippen LogP contribution in [0.4, 0.5) is 0 Å². The zero-order chi connectivity index (χ0) is 13.8. The largest absolute Gasteiger partial charge is 0.343 e. The fraction of sp³-hybridized carbons (Fsp3) is 0.615. The summed E-state index contributed by atoms with van der Waals surface area (Å²) in [5.74, 6) is -0.0319. The Balaban J connectivity index is 2.08. The van der Waals surface area contributed by atoms with E-state index >= 15 is 0 Å². The molecule has 2 unspecified atom stereocenters. The van der Waals surface area contributed by atoms with Crippen LogP contribution in [0.5, 0.6) is 0 Å². The van der Waals surface area contributed by atoms with Crippen LogP contribution in [0.25, 0.3) is 0 Å². The van der Waals surface area contributed by atoms with Crippen LogP contribution in [0, 0.1) is 0 Å². The van der Waals surface area contributed by atoms with Gasteiger partial charge in [0.05, 0.1) is 6.54 Å². The summed E-state index contributed by atoms with van der Waals surface area (Å²) in [4.78, 5) is 26.0. The summed E-state index contributed by atoms with van der Waals surface area (Å²) >= 11 is 0. The van der Waals surface area contributed by atoms with Crippen LogP contribution >= 0.6 is 0 Å². The molecule has 2 atom stereocenters. The molecule has 2 rings (SSSR count). The van der Waals surface area contributed by atoms with E-state index in [4.69, 9.17) is 0 Å². The quantitative estimate of drug-likeness (QED) is 0.837. The molecule has 0 aromatic carbocycles. The van der Waals surface area contributed by atoms with Gasteiger partial charge in [0.25, 0.3) is 0 Å². The molecule has 1 aromatic heterocycles. The van der Waals surface area contributed by atoms with Gasteiger partial charge >= 0.3 is 0 Å². The number of hydrogen-bond donors (Lipinski definition) is 1. The van der Waals surface area contributed by atoms with Gasteiger partial charge in [-0.05, 0) is 18.9 Å². The summed E-state index contributed by atoms with van der Waals surface area (Å²) in [6.45, 7) is 4.95. The second-order valence-corrected chi connectivity index (χ2v) is 4.69. The van der Waals surface area contributed by atoms with Crippen LogP contribution in [0.1, 0.15) is 26.7 Å². The first kappa shape index (κ1) is 13.6. The Morgan fingerprint density at radius 1 is 1.26 bits per heavy atom. The highest BCUT2D eigenvalue weighted by molar-refractivity contribution is 5.96. The summed E-state index contributed by atoms with van der Waals surface area (Å²) in [6, 6.07) is 1.11. The predicted octanol–water partition coefficient (Wildman–Crippen LogP) is 0.399. The minimum absolute atomic E-state index is 0.0149. The number of hydrogen-bond acceptors (Lipinski definition) is 3. The van der Waals surface area contributed by atoms with Crippen molar-refractivity contribution in [1.82, 2.24) is 20.0 Å². The number of nitrogens with zero attached hydrogens (tertiary/aromatic N) is 3. The van der Waals surface area contributed by atoms with Crippen LogP contribution in [0.2, 0.25) is 0 Å². The first-order valence-corrected chi connectivity index (χ1v) is 6.75. The normalized spacial score (nSPS) is 23.6. The lowest BCUT2D eigenvalue weighted by atomic mass is 10.0. The van der Waals surface area contributed by atoms with Gasteiger partial charge in [0, 0.05) is 18.9 Å². The maximum absolute atomic E-state index is 12.3. The van der Waals surface area contributed by atoms with Gasteiger partial charge in [-0.2, -0.15) is 5.10 Å². The topological polar surface area (TPSA) is 67.2 Å². The predicted molar refractivity (Wildman–Crippen MR) is 70.2 cm³/mol. The molecule has 19 heavy (non-hydrogen) atoms.